The van der Waals surface area contributed by atoms with Crippen LogP contribution in [-0.2, 0) is 0 Å². The van der Waals surface area contributed by atoms with Gasteiger partial charge in [-0.25, -0.2) is 4.39 Å². The fourth-order valence-corrected chi connectivity index (χ4v) is 3.86. The van der Waals surface area contributed by atoms with E-state index >= 15 is 0 Å². The molecule has 3 aromatic rings. The number of hydrogen-bond acceptors (Lipinski definition) is 5. The van der Waals surface area contributed by atoms with Crippen LogP contribution in [0.5, 0.6) is 0 Å². The van der Waals surface area contributed by atoms with Crippen LogP contribution in [0.3, 0.4) is 0 Å². The molecule has 1 aromatic carbocycles. The average molecular weight is 331 g/mol. The lowest BCUT2D eigenvalue weighted by molar-refractivity contribution is 0.0708. The number of amides is 1. The molecule has 23 heavy (non-hydrogen) atoms. The predicted octanol–water partition coefficient (Wildman–Crippen LogP) is 2.34. The number of carbonyl (C=O) groups excluding carboxylic acids is 1. The maximum absolute atomic E-state index is 13.7. The Morgan fingerprint density at radius 2 is 2.04 bits per heavy atom. The van der Waals surface area contributed by atoms with E-state index in [0.717, 1.165) is 22.8 Å². The summed E-state index contributed by atoms with van der Waals surface area (Å²) in [6, 6.07) is 6.13. The molecule has 6 nitrogen and oxygen atoms in total. The lowest BCUT2D eigenvalue weighted by Gasteiger charge is -2.31. The van der Waals surface area contributed by atoms with Crippen LogP contribution in [0.1, 0.15) is 34.1 Å². The van der Waals surface area contributed by atoms with E-state index in [-0.39, 0.29) is 11.5 Å². The molecule has 1 fully saturated rings. The zero-order valence-electron chi connectivity index (χ0n) is 12.2. The summed E-state index contributed by atoms with van der Waals surface area (Å²) in [5.41, 5.74) is 0.143. The van der Waals surface area contributed by atoms with Crippen LogP contribution >= 0.6 is 11.3 Å². The first-order valence-corrected chi connectivity index (χ1v) is 8.24. The number of rotatable bonds is 2. The summed E-state index contributed by atoms with van der Waals surface area (Å²) in [5, 5.41) is 13.3. The van der Waals surface area contributed by atoms with Gasteiger partial charge in [0.05, 0.1) is 5.56 Å². The van der Waals surface area contributed by atoms with E-state index in [9.17, 15) is 9.18 Å². The van der Waals surface area contributed by atoms with Crippen LogP contribution in [0.25, 0.3) is 4.96 Å². The fourth-order valence-electron chi connectivity index (χ4n) is 2.87. The Morgan fingerprint density at radius 3 is 2.78 bits per heavy atom. The van der Waals surface area contributed by atoms with Crippen LogP contribution in [0.4, 0.5) is 4.39 Å². The van der Waals surface area contributed by atoms with Crippen LogP contribution in [0.15, 0.2) is 30.6 Å². The number of benzene rings is 1. The summed E-state index contributed by atoms with van der Waals surface area (Å²) in [5.74, 6) is -0.390. The van der Waals surface area contributed by atoms with Gasteiger partial charge in [0.25, 0.3) is 5.91 Å². The van der Waals surface area contributed by atoms with E-state index < -0.39 is 5.82 Å². The van der Waals surface area contributed by atoms with Crippen LogP contribution in [0, 0.1) is 5.82 Å². The molecule has 0 radical (unpaired) electrons. The number of fused-ring (bicyclic) bond motifs is 1. The van der Waals surface area contributed by atoms with Crippen molar-refractivity contribution in [2.24, 2.45) is 0 Å². The van der Waals surface area contributed by atoms with E-state index in [1.807, 2.05) is 0 Å². The van der Waals surface area contributed by atoms with Crippen molar-refractivity contribution < 1.29 is 9.18 Å². The number of halogens is 1. The van der Waals surface area contributed by atoms with Crippen molar-refractivity contribution in [2.45, 2.75) is 18.8 Å². The minimum absolute atomic E-state index is 0.143. The molecule has 0 saturated carbocycles. The SMILES string of the molecule is O=C(c1ccccc1F)N1CCC(c2nn3cnnc3s2)CC1. The second-order valence-corrected chi connectivity index (χ2v) is 6.53. The molecule has 0 bridgehead atoms. The molecule has 1 amide bonds. The van der Waals surface area contributed by atoms with Crippen molar-refractivity contribution in [3.05, 3.63) is 47.0 Å². The smallest absolute Gasteiger partial charge is 0.256 e. The molecule has 0 atom stereocenters. The largest absolute Gasteiger partial charge is 0.339 e. The highest BCUT2D eigenvalue weighted by Gasteiger charge is 2.27. The van der Waals surface area contributed by atoms with Gasteiger partial charge in [-0.15, -0.1) is 10.2 Å². The van der Waals surface area contributed by atoms with Crippen LogP contribution in [-0.4, -0.2) is 43.7 Å². The zero-order chi connectivity index (χ0) is 15.8. The molecule has 0 unspecified atom stereocenters. The van der Waals surface area contributed by atoms with E-state index in [0.29, 0.717) is 19.0 Å². The Morgan fingerprint density at radius 1 is 1.26 bits per heavy atom. The maximum atomic E-state index is 13.7. The second-order valence-electron chi connectivity index (χ2n) is 5.54. The first kappa shape index (κ1) is 14.3. The number of nitrogens with zero attached hydrogens (tertiary/aromatic N) is 5. The third-order valence-corrected chi connectivity index (χ3v) is 5.21. The van der Waals surface area contributed by atoms with Gasteiger partial charge < -0.3 is 4.90 Å². The molecule has 1 saturated heterocycles. The Hall–Kier alpha value is -2.35. The van der Waals surface area contributed by atoms with E-state index in [4.69, 9.17) is 0 Å². The molecule has 1 aliphatic rings. The van der Waals surface area contributed by atoms with Gasteiger partial charge in [-0.3, -0.25) is 4.79 Å². The summed E-state index contributed by atoms with van der Waals surface area (Å²) >= 11 is 1.53. The summed E-state index contributed by atoms with van der Waals surface area (Å²) < 4.78 is 15.4. The number of likely N-dealkylation sites (tertiary alicyclic amines) is 1. The van der Waals surface area contributed by atoms with Gasteiger partial charge in [0.1, 0.15) is 17.2 Å². The molecule has 0 N–H and O–H groups in total. The van der Waals surface area contributed by atoms with Crippen molar-refractivity contribution in [2.75, 3.05) is 13.1 Å². The Kier molecular flexibility index (Phi) is 3.53. The van der Waals surface area contributed by atoms with Gasteiger partial charge in [0.2, 0.25) is 4.96 Å². The number of piperidine rings is 1. The van der Waals surface area contributed by atoms with Crippen molar-refractivity contribution in [3.63, 3.8) is 0 Å². The summed E-state index contributed by atoms with van der Waals surface area (Å²) in [6.45, 7) is 1.22. The topological polar surface area (TPSA) is 63.4 Å². The van der Waals surface area contributed by atoms with Crippen molar-refractivity contribution in [1.29, 1.82) is 0 Å². The molecule has 2 aromatic heterocycles. The van der Waals surface area contributed by atoms with Gasteiger partial charge in [-0.2, -0.15) is 9.61 Å². The minimum Gasteiger partial charge on any atom is -0.339 e. The third kappa shape index (κ3) is 2.59. The second kappa shape index (κ2) is 5.69. The number of aromatic nitrogens is 4. The summed E-state index contributed by atoms with van der Waals surface area (Å²) in [4.78, 5) is 14.9. The monoisotopic (exact) mass is 331 g/mol. The van der Waals surface area contributed by atoms with Gasteiger partial charge in [-0.05, 0) is 25.0 Å². The number of hydrogen-bond donors (Lipinski definition) is 0. The fraction of sp³-hybridized carbons (Fsp3) is 0.333. The molecule has 3 heterocycles. The average Bonchev–Trinajstić information content (AvgIpc) is 3.16. The molecule has 0 aliphatic carbocycles. The quantitative estimate of drug-likeness (QED) is 0.723. The highest BCUT2D eigenvalue weighted by Crippen LogP contribution is 2.31. The van der Waals surface area contributed by atoms with Gasteiger partial charge in [0, 0.05) is 19.0 Å². The standard InChI is InChI=1S/C15H14FN5OS/c16-12-4-2-1-3-11(12)14(22)20-7-5-10(6-8-20)13-19-21-9-17-18-15(21)23-13/h1-4,9-10H,5-8H2. The van der Waals surface area contributed by atoms with E-state index in [1.54, 1.807) is 27.9 Å². The number of carbonyl (C=O) groups is 1. The minimum atomic E-state index is -0.465. The van der Waals surface area contributed by atoms with Gasteiger partial charge in [0.15, 0.2) is 0 Å². The molecule has 8 heteroatoms. The Bertz CT molecular complexity index is 824. The highest BCUT2D eigenvalue weighted by atomic mass is 32.1. The molecule has 4 rings (SSSR count). The molecular formula is C15H14FN5OS. The Balaban J connectivity index is 1.45. The lowest BCUT2D eigenvalue weighted by Crippen LogP contribution is -2.38. The van der Waals surface area contributed by atoms with Gasteiger partial charge in [-0.1, -0.05) is 23.5 Å². The molecule has 118 valence electrons. The summed E-state index contributed by atoms with van der Waals surface area (Å²) in [7, 11) is 0. The lowest BCUT2D eigenvalue weighted by atomic mass is 9.97. The summed E-state index contributed by atoms with van der Waals surface area (Å²) in [6.07, 6.45) is 3.24. The zero-order valence-corrected chi connectivity index (χ0v) is 13.0. The normalized spacial score (nSPS) is 16.1. The highest BCUT2D eigenvalue weighted by molar-refractivity contribution is 7.16. The van der Waals surface area contributed by atoms with Crippen molar-refractivity contribution in [3.8, 4) is 0 Å². The predicted molar refractivity (Wildman–Crippen MR) is 82.9 cm³/mol. The molecule has 0 spiro atoms. The first-order valence-electron chi connectivity index (χ1n) is 7.43. The molecular weight excluding hydrogens is 317 g/mol. The van der Waals surface area contributed by atoms with Crippen LogP contribution in [0.2, 0.25) is 0 Å². The van der Waals surface area contributed by atoms with Crippen molar-refractivity contribution in [1.82, 2.24) is 24.7 Å². The Labute approximate surface area is 135 Å². The van der Waals surface area contributed by atoms with Gasteiger partial charge >= 0.3 is 0 Å². The first-order chi connectivity index (χ1) is 11.2. The molecule has 1 aliphatic heterocycles. The van der Waals surface area contributed by atoms with Crippen LogP contribution < -0.4 is 0 Å². The van der Waals surface area contributed by atoms with E-state index in [1.165, 1.54) is 23.5 Å². The van der Waals surface area contributed by atoms with Crippen molar-refractivity contribution >= 4 is 22.2 Å². The maximum Gasteiger partial charge on any atom is 0.256 e. The van der Waals surface area contributed by atoms with E-state index in [2.05, 4.69) is 15.3 Å². The third-order valence-electron chi connectivity index (χ3n) is 4.14.